The van der Waals surface area contributed by atoms with Gasteiger partial charge in [0.15, 0.2) is 5.82 Å². The summed E-state index contributed by atoms with van der Waals surface area (Å²) in [5.41, 5.74) is 17.0. The number of nitrogens with zero attached hydrogens (tertiary/aromatic N) is 6. The number of aromatic nitrogens is 4. The summed E-state index contributed by atoms with van der Waals surface area (Å²) in [6.45, 7) is 1.69. The largest absolute Gasteiger partial charge is 0.382 e. The highest BCUT2D eigenvalue weighted by Crippen LogP contribution is 2.51. The van der Waals surface area contributed by atoms with Gasteiger partial charge in [0.05, 0.1) is 17.4 Å². The Morgan fingerprint density at radius 1 is 1.18 bits per heavy atom. The maximum absolute atomic E-state index is 11.9. The molecule has 1 fully saturated rings. The zero-order valence-electron chi connectivity index (χ0n) is 22.3. The number of carbonyl (C=O) groups excluding carboxylic acids is 1. The van der Waals surface area contributed by atoms with Crippen molar-refractivity contribution in [3.63, 3.8) is 0 Å². The lowest BCUT2D eigenvalue weighted by molar-refractivity contribution is -0.122. The molecule has 1 aromatic carbocycles. The molecule has 3 aromatic heterocycles. The average molecular weight is 573 g/mol. The lowest BCUT2D eigenvalue weighted by atomic mass is 9.73. The number of fused-ring (bicyclic) bond motifs is 2. The Hall–Kier alpha value is -3.78. The molecule has 1 aliphatic heterocycles. The number of nitrogen functional groups attached to an aromatic ring is 1. The van der Waals surface area contributed by atoms with E-state index in [2.05, 4.69) is 39.0 Å². The zero-order chi connectivity index (χ0) is 28.0. The molecule has 40 heavy (non-hydrogen) atoms. The molecule has 1 saturated heterocycles. The van der Waals surface area contributed by atoms with Crippen LogP contribution in [-0.2, 0) is 11.2 Å². The van der Waals surface area contributed by atoms with Crippen LogP contribution in [0.25, 0.3) is 5.52 Å². The van der Waals surface area contributed by atoms with Gasteiger partial charge in [0, 0.05) is 55.8 Å². The number of halogens is 1. The van der Waals surface area contributed by atoms with Gasteiger partial charge in [0.1, 0.15) is 16.4 Å². The number of benzene rings is 1. The van der Waals surface area contributed by atoms with E-state index in [0.717, 1.165) is 64.7 Å². The molecule has 1 amide bonds. The highest BCUT2D eigenvalue weighted by atomic mass is 35.5. The molecular weight excluding hydrogens is 544 g/mol. The number of pyridine rings is 1. The van der Waals surface area contributed by atoms with Crippen LogP contribution in [0.15, 0.2) is 58.8 Å². The summed E-state index contributed by atoms with van der Waals surface area (Å²) >= 11 is 7.83. The van der Waals surface area contributed by atoms with Crippen LogP contribution in [0.2, 0.25) is 5.02 Å². The lowest BCUT2D eigenvalue weighted by Crippen LogP contribution is -2.44. The maximum atomic E-state index is 11.9. The maximum Gasteiger partial charge on any atom is 0.298 e. The van der Waals surface area contributed by atoms with Crippen LogP contribution in [0.3, 0.4) is 0 Å². The number of piperidine rings is 1. The molecule has 1 aliphatic carbocycles. The van der Waals surface area contributed by atoms with Crippen molar-refractivity contribution in [3.05, 3.63) is 70.6 Å². The van der Waals surface area contributed by atoms with Crippen LogP contribution < -0.4 is 16.4 Å². The van der Waals surface area contributed by atoms with Gasteiger partial charge in [-0.2, -0.15) is 5.10 Å². The molecule has 11 heteroatoms. The number of rotatable bonds is 3. The molecule has 9 nitrogen and oxygen atoms in total. The predicted molar refractivity (Wildman–Crippen MR) is 157 cm³/mol. The third-order valence-corrected chi connectivity index (χ3v) is 9.49. The Morgan fingerprint density at radius 2 is 1.98 bits per heavy atom. The van der Waals surface area contributed by atoms with E-state index in [1.54, 1.807) is 26.5 Å². The molecule has 0 bridgehead atoms. The van der Waals surface area contributed by atoms with E-state index < -0.39 is 0 Å². The van der Waals surface area contributed by atoms with Crippen molar-refractivity contribution in [1.82, 2.24) is 24.5 Å². The van der Waals surface area contributed by atoms with Crippen LogP contribution in [-0.4, -0.2) is 57.6 Å². The fourth-order valence-corrected chi connectivity index (χ4v) is 6.78. The van der Waals surface area contributed by atoms with Gasteiger partial charge >= 0.3 is 0 Å². The standard InChI is InChI=1S/C29H29ClN8OS/c1-36(2)23(39)6-4-18-3-5-19-16-29(26(31)20(19)15-18)9-13-37(14-10-29)28-21-7-12-35-38(21)24(17-34-28)40-22-8-11-33-27(32)25(22)30/h3,5,7-8,11-12,15,17,26H,9-10,13-14,16,31H2,1-2H3,(H2,32,33)/t26-/m1/s1. The molecule has 0 radical (unpaired) electrons. The summed E-state index contributed by atoms with van der Waals surface area (Å²) in [5, 5.41) is 5.82. The van der Waals surface area contributed by atoms with E-state index in [-0.39, 0.29) is 17.4 Å². The van der Waals surface area contributed by atoms with Crippen molar-refractivity contribution >= 4 is 46.4 Å². The van der Waals surface area contributed by atoms with Crippen LogP contribution in [0.1, 0.15) is 35.6 Å². The van der Waals surface area contributed by atoms with Crippen molar-refractivity contribution in [1.29, 1.82) is 0 Å². The second-order valence-electron chi connectivity index (χ2n) is 10.5. The Kier molecular flexibility index (Phi) is 6.82. The van der Waals surface area contributed by atoms with E-state index in [0.29, 0.717) is 10.8 Å². The fourth-order valence-electron chi connectivity index (χ4n) is 5.66. The minimum atomic E-state index is -0.216. The summed E-state index contributed by atoms with van der Waals surface area (Å²) in [6.07, 6.45) is 8.11. The fraction of sp³-hybridized carbons (Fsp3) is 0.310. The number of anilines is 2. The Labute approximate surface area is 241 Å². The van der Waals surface area contributed by atoms with Gasteiger partial charge in [-0.25, -0.2) is 14.5 Å². The summed E-state index contributed by atoms with van der Waals surface area (Å²) in [5.74, 6) is 6.68. The van der Waals surface area contributed by atoms with Crippen molar-refractivity contribution in [2.24, 2.45) is 11.1 Å². The van der Waals surface area contributed by atoms with E-state index in [9.17, 15) is 4.79 Å². The minimum Gasteiger partial charge on any atom is -0.382 e. The smallest absolute Gasteiger partial charge is 0.298 e. The van der Waals surface area contributed by atoms with Gasteiger partial charge in [0.25, 0.3) is 5.91 Å². The Morgan fingerprint density at radius 3 is 2.75 bits per heavy atom. The highest BCUT2D eigenvalue weighted by Gasteiger charge is 2.46. The number of amides is 1. The van der Waals surface area contributed by atoms with Crippen molar-refractivity contribution < 1.29 is 4.79 Å². The van der Waals surface area contributed by atoms with E-state index in [4.69, 9.17) is 28.1 Å². The van der Waals surface area contributed by atoms with Gasteiger partial charge < -0.3 is 21.3 Å². The molecule has 2 aliphatic rings. The molecule has 6 rings (SSSR count). The average Bonchev–Trinajstić information content (AvgIpc) is 3.54. The van der Waals surface area contributed by atoms with E-state index >= 15 is 0 Å². The molecule has 204 valence electrons. The van der Waals surface area contributed by atoms with Crippen LogP contribution >= 0.6 is 23.4 Å². The first-order valence-electron chi connectivity index (χ1n) is 13.0. The SMILES string of the molecule is CN(C)C(=O)C#Cc1ccc2c(c1)[C@@H](N)C1(CCN(c3ncc(Sc4ccnc(N)c4Cl)n4nccc34)CC1)C2. The van der Waals surface area contributed by atoms with Crippen molar-refractivity contribution in [2.45, 2.75) is 35.2 Å². The highest BCUT2D eigenvalue weighted by molar-refractivity contribution is 7.99. The topological polar surface area (TPSA) is 119 Å². The summed E-state index contributed by atoms with van der Waals surface area (Å²) in [6, 6.07) is 9.92. The minimum absolute atomic E-state index is 0.00527. The van der Waals surface area contributed by atoms with Crippen LogP contribution in [0, 0.1) is 17.3 Å². The third-order valence-electron chi connectivity index (χ3n) is 7.94. The van der Waals surface area contributed by atoms with Crippen molar-refractivity contribution in [3.8, 4) is 11.8 Å². The monoisotopic (exact) mass is 572 g/mol. The molecule has 0 saturated carbocycles. The number of carbonyl (C=O) groups is 1. The molecule has 4 N–H and O–H groups in total. The van der Waals surface area contributed by atoms with Gasteiger partial charge in [-0.15, -0.1) is 0 Å². The Bertz CT molecular complexity index is 1680. The second kappa shape index (κ2) is 10.3. The normalized spacial score (nSPS) is 17.5. The van der Waals surface area contributed by atoms with Gasteiger partial charge in [-0.05, 0) is 60.1 Å². The number of nitrogens with two attached hydrogens (primary N) is 2. The Balaban J connectivity index is 1.19. The molecule has 4 heterocycles. The van der Waals surface area contributed by atoms with Crippen molar-refractivity contribution in [2.75, 3.05) is 37.8 Å². The second-order valence-corrected chi connectivity index (χ2v) is 12.0. The lowest BCUT2D eigenvalue weighted by Gasteiger charge is -2.42. The van der Waals surface area contributed by atoms with Crippen LogP contribution in [0.4, 0.5) is 11.6 Å². The molecule has 1 atom stereocenters. The molecular formula is C29H29ClN8OS. The molecule has 4 aromatic rings. The first-order chi connectivity index (χ1) is 19.3. The van der Waals surface area contributed by atoms with E-state index in [1.807, 2.05) is 28.9 Å². The van der Waals surface area contributed by atoms with Crippen LogP contribution in [0.5, 0.6) is 0 Å². The first kappa shape index (κ1) is 26.4. The molecule has 1 spiro atoms. The summed E-state index contributed by atoms with van der Waals surface area (Å²) in [4.78, 5) is 25.4. The first-order valence-corrected chi connectivity index (χ1v) is 14.2. The van der Waals surface area contributed by atoms with E-state index in [1.165, 1.54) is 22.2 Å². The predicted octanol–water partition coefficient (Wildman–Crippen LogP) is 3.79. The third kappa shape index (κ3) is 4.64. The quantitative estimate of drug-likeness (QED) is 0.356. The number of hydrogen-bond acceptors (Lipinski definition) is 8. The summed E-state index contributed by atoms with van der Waals surface area (Å²) in [7, 11) is 3.39. The van der Waals surface area contributed by atoms with Gasteiger partial charge in [-0.1, -0.05) is 35.3 Å². The zero-order valence-corrected chi connectivity index (χ0v) is 23.8. The van der Waals surface area contributed by atoms with Gasteiger partial charge in [-0.3, -0.25) is 4.79 Å². The molecule has 0 unspecified atom stereocenters. The summed E-state index contributed by atoms with van der Waals surface area (Å²) < 4.78 is 1.89. The van der Waals surface area contributed by atoms with Gasteiger partial charge in [0.2, 0.25) is 0 Å². The number of hydrogen-bond donors (Lipinski definition) is 2.